The number of hydrogen-bond acceptors (Lipinski definition) is 3. The Hall–Kier alpha value is -1.25. The van der Waals surface area contributed by atoms with Gasteiger partial charge < -0.3 is 9.64 Å². The molecule has 1 aromatic carbocycles. The number of likely N-dealkylation sites (N-methyl/N-ethyl adjacent to an activating group) is 1. The van der Waals surface area contributed by atoms with Crippen molar-refractivity contribution in [3.8, 4) is 11.8 Å². The van der Waals surface area contributed by atoms with Gasteiger partial charge in [-0.15, -0.1) is 0 Å². The Kier molecular flexibility index (Phi) is 6.13. The second kappa shape index (κ2) is 7.37. The van der Waals surface area contributed by atoms with Crippen molar-refractivity contribution in [2.24, 2.45) is 0 Å². The molecular formula is C13H14BrClN2O2. The third kappa shape index (κ3) is 4.73. The second-order valence-electron chi connectivity index (χ2n) is 4.00. The number of halogens is 2. The molecule has 0 aromatic heterocycles. The van der Waals surface area contributed by atoms with Crippen molar-refractivity contribution in [3.05, 3.63) is 27.7 Å². The molecule has 0 radical (unpaired) electrons. The number of ether oxygens (including phenoxy) is 1. The van der Waals surface area contributed by atoms with E-state index in [-0.39, 0.29) is 5.91 Å². The molecule has 0 saturated carbocycles. The van der Waals surface area contributed by atoms with Crippen LogP contribution in [0.1, 0.15) is 13.3 Å². The molecule has 0 fully saturated rings. The fourth-order valence-electron chi connectivity index (χ4n) is 1.45. The summed E-state index contributed by atoms with van der Waals surface area (Å²) in [6, 6.07) is 7.10. The van der Waals surface area contributed by atoms with Crippen LogP contribution in [0.2, 0.25) is 5.02 Å². The van der Waals surface area contributed by atoms with Crippen LogP contribution in [-0.2, 0) is 4.79 Å². The predicted molar refractivity (Wildman–Crippen MR) is 77.1 cm³/mol. The molecule has 0 aliphatic heterocycles. The average molecular weight is 346 g/mol. The standard InChI is InChI=1S/C13H14BrClN2O2/c1-9(13(18)17(2)7-3-6-16)19-12-5-4-10(15)8-11(12)14/h4-5,8-9H,3,7H2,1-2H3. The quantitative estimate of drug-likeness (QED) is 0.823. The van der Waals surface area contributed by atoms with Crippen LogP contribution in [0.5, 0.6) is 5.75 Å². The number of nitrogens with zero attached hydrogens (tertiary/aromatic N) is 2. The van der Waals surface area contributed by atoms with E-state index in [1.54, 1.807) is 32.2 Å². The highest BCUT2D eigenvalue weighted by atomic mass is 79.9. The zero-order valence-corrected chi connectivity index (χ0v) is 13.0. The molecule has 0 heterocycles. The SMILES string of the molecule is CC(Oc1ccc(Cl)cc1Br)C(=O)N(C)CCC#N. The number of carbonyl (C=O) groups excluding carboxylic acids is 1. The van der Waals surface area contributed by atoms with Crippen molar-refractivity contribution < 1.29 is 9.53 Å². The smallest absolute Gasteiger partial charge is 0.263 e. The highest BCUT2D eigenvalue weighted by Gasteiger charge is 2.19. The minimum Gasteiger partial charge on any atom is -0.480 e. The highest BCUT2D eigenvalue weighted by Crippen LogP contribution is 2.28. The number of carbonyl (C=O) groups is 1. The van der Waals surface area contributed by atoms with E-state index in [2.05, 4.69) is 15.9 Å². The number of hydrogen-bond donors (Lipinski definition) is 0. The van der Waals surface area contributed by atoms with Gasteiger partial charge in [0.05, 0.1) is 17.0 Å². The summed E-state index contributed by atoms with van der Waals surface area (Å²) in [4.78, 5) is 13.5. The van der Waals surface area contributed by atoms with Gasteiger partial charge in [0.2, 0.25) is 0 Å². The van der Waals surface area contributed by atoms with Crippen LogP contribution in [0.15, 0.2) is 22.7 Å². The summed E-state index contributed by atoms with van der Waals surface area (Å²) in [6.45, 7) is 2.07. The second-order valence-corrected chi connectivity index (χ2v) is 5.29. The third-order valence-electron chi connectivity index (χ3n) is 2.48. The van der Waals surface area contributed by atoms with E-state index in [0.717, 1.165) is 0 Å². The maximum absolute atomic E-state index is 12.0. The lowest BCUT2D eigenvalue weighted by Crippen LogP contribution is -2.38. The molecule has 0 saturated heterocycles. The number of nitriles is 1. The highest BCUT2D eigenvalue weighted by molar-refractivity contribution is 9.10. The summed E-state index contributed by atoms with van der Waals surface area (Å²) in [5, 5.41) is 9.08. The van der Waals surface area contributed by atoms with Crippen molar-refractivity contribution in [2.45, 2.75) is 19.4 Å². The molecule has 6 heteroatoms. The molecule has 4 nitrogen and oxygen atoms in total. The third-order valence-corrected chi connectivity index (χ3v) is 3.34. The van der Waals surface area contributed by atoms with E-state index in [9.17, 15) is 4.79 Å². The van der Waals surface area contributed by atoms with Gasteiger partial charge >= 0.3 is 0 Å². The van der Waals surface area contributed by atoms with Crippen LogP contribution in [0, 0.1) is 11.3 Å². The summed E-state index contributed by atoms with van der Waals surface area (Å²) in [5.74, 6) is 0.385. The first-order valence-electron chi connectivity index (χ1n) is 5.69. The Morgan fingerprint density at radius 3 is 2.89 bits per heavy atom. The zero-order chi connectivity index (χ0) is 14.4. The number of rotatable bonds is 5. The van der Waals surface area contributed by atoms with Gasteiger partial charge in [-0.1, -0.05) is 11.6 Å². The van der Waals surface area contributed by atoms with Gasteiger partial charge in [-0.25, -0.2) is 0 Å². The molecule has 0 spiro atoms. The zero-order valence-electron chi connectivity index (χ0n) is 10.7. The first-order chi connectivity index (χ1) is 8.95. The molecule has 0 N–H and O–H groups in total. The lowest BCUT2D eigenvalue weighted by atomic mass is 10.3. The molecule has 102 valence electrons. The van der Waals surface area contributed by atoms with Crippen molar-refractivity contribution >= 4 is 33.4 Å². The van der Waals surface area contributed by atoms with E-state index in [0.29, 0.717) is 28.2 Å². The maximum atomic E-state index is 12.0. The Morgan fingerprint density at radius 2 is 2.32 bits per heavy atom. The summed E-state index contributed by atoms with van der Waals surface area (Å²) >= 11 is 9.16. The molecule has 0 aliphatic rings. The first kappa shape index (κ1) is 15.8. The van der Waals surface area contributed by atoms with E-state index >= 15 is 0 Å². The van der Waals surface area contributed by atoms with Gasteiger partial charge in [0.15, 0.2) is 6.10 Å². The lowest BCUT2D eigenvalue weighted by molar-refractivity contribution is -0.136. The van der Waals surface area contributed by atoms with Crippen LogP contribution in [0.25, 0.3) is 0 Å². The van der Waals surface area contributed by atoms with E-state index in [1.165, 1.54) is 4.90 Å². The minimum absolute atomic E-state index is 0.169. The van der Waals surface area contributed by atoms with Crippen molar-refractivity contribution in [2.75, 3.05) is 13.6 Å². The van der Waals surface area contributed by atoms with Crippen molar-refractivity contribution in [1.82, 2.24) is 4.90 Å². The Bertz CT molecular complexity index is 502. The van der Waals surface area contributed by atoms with Crippen molar-refractivity contribution in [1.29, 1.82) is 5.26 Å². The van der Waals surface area contributed by atoms with Crippen LogP contribution < -0.4 is 4.74 Å². The van der Waals surface area contributed by atoms with Crippen molar-refractivity contribution in [3.63, 3.8) is 0 Å². The molecule has 1 atom stereocenters. The number of amides is 1. The van der Waals surface area contributed by atoms with Gasteiger partial charge in [0.25, 0.3) is 5.91 Å². The Balaban J connectivity index is 2.66. The molecule has 19 heavy (non-hydrogen) atoms. The van der Waals surface area contributed by atoms with Gasteiger partial charge in [0, 0.05) is 18.6 Å². The van der Waals surface area contributed by atoms with E-state index in [1.807, 2.05) is 6.07 Å². The molecule has 1 aromatic rings. The lowest BCUT2D eigenvalue weighted by Gasteiger charge is -2.21. The summed E-state index contributed by atoms with van der Waals surface area (Å²) in [5.41, 5.74) is 0. The molecule has 1 amide bonds. The first-order valence-corrected chi connectivity index (χ1v) is 6.86. The van der Waals surface area contributed by atoms with Crippen LogP contribution in [0.4, 0.5) is 0 Å². The summed E-state index contributed by atoms with van der Waals surface area (Å²) in [7, 11) is 1.65. The largest absolute Gasteiger partial charge is 0.480 e. The normalized spacial score (nSPS) is 11.5. The summed E-state index contributed by atoms with van der Waals surface area (Å²) < 4.78 is 6.28. The average Bonchev–Trinajstić information content (AvgIpc) is 2.38. The molecule has 0 aliphatic carbocycles. The Morgan fingerprint density at radius 1 is 1.63 bits per heavy atom. The molecular weight excluding hydrogens is 332 g/mol. The van der Waals surface area contributed by atoms with Crippen LogP contribution in [0.3, 0.4) is 0 Å². The van der Waals surface area contributed by atoms with Crippen LogP contribution >= 0.6 is 27.5 Å². The van der Waals surface area contributed by atoms with Gasteiger partial charge in [-0.3, -0.25) is 4.79 Å². The topological polar surface area (TPSA) is 53.3 Å². The monoisotopic (exact) mass is 344 g/mol. The molecule has 1 rings (SSSR count). The Labute approximate surface area is 126 Å². The van der Waals surface area contributed by atoms with E-state index < -0.39 is 6.10 Å². The maximum Gasteiger partial charge on any atom is 0.263 e. The predicted octanol–water partition coefficient (Wildman–Crippen LogP) is 3.24. The van der Waals surface area contributed by atoms with Gasteiger partial charge in [-0.2, -0.15) is 5.26 Å². The summed E-state index contributed by atoms with van der Waals surface area (Å²) in [6.07, 6.45) is -0.319. The van der Waals surface area contributed by atoms with Crippen LogP contribution in [-0.4, -0.2) is 30.5 Å². The van der Waals surface area contributed by atoms with Gasteiger partial charge in [0.1, 0.15) is 5.75 Å². The molecule has 0 bridgehead atoms. The fraction of sp³-hybridized carbons (Fsp3) is 0.385. The molecule has 1 unspecified atom stereocenters. The fourth-order valence-corrected chi connectivity index (χ4v) is 2.23. The minimum atomic E-state index is -0.624. The van der Waals surface area contributed by atoms with E-state index in [4.69, 9.17) is 21.6 Å². The van der Waals surface area contributed by atoms with Gasteiger partial charge in [-0.05, 0) is 41.1 Å². The number of benzene rings is 1.